The second-order valence-corrected chi connectivity index (χ2v) is 7.72. The van der Waals surface area contributed by atoms with Gasteiger partial charge in [0.05, 0.1) is 33.8 Å². The van der Waals surface area contributed by atoms with Crippen LogP contribution in [-0.2, 0) is 23.9 Å². The first-order chi connectivity index (χ1) is 15.3. The number of halogens is 2. The molecular weight excluding hydrogens is 459 g/mol. The monoisotopic (exact) mass is 478 g/mol. The minimum absolute atomic E-state index is 0.0569. The largest absolute Gasteiger partial charge is 0.462 e. The highest BCUT2D eigenvalue weighted by Crippen LogP contribution is 2.35. The van der Waals surface area contributed by atoms with E-state index in [0.717, 1.165) is 0 Å². The molecule has 0 bridgehead atoms. The zero-order chi connectivity index (χ0) is 23.3. The molecule has 1 N–H and O–H groups in total. The third-order valence-electron chi connectivity index (χ3n) is 4.71. The number of rotatable bonds is 7. The topological polar surface area (TPSA) is 102 Å². The Kier molecular flexibility index (Phi) is 7.71. The lowest BCUT2D eigenvalue weighted by atomic mass is 10.1. The highest BCUT2D eigenvalue weighted by Gasteiger charge is 2.37. The first kappa shape index (κ1) is 23.6. The van der Waals surface area contributed by atoms with Crippen LogP contribution in [0, 0.1) is 5.92 Å². The maximum absolute atomic E-state index is 12.4. The number of nitrogens with zero attached hydrogens (tertiary/aromatic N) is 1. The number of carbonyl (C=O) groups excluding carboxylic acids is 4. The standard InChI is InChI=1S/C22H20Cl2N2O6/c1-2-31-21(29)13-6-8-15(9-7-13)25-18(27)12-32-22(30)14-10-19(28)26(11-14)17-5-3-4-16(23)20(17)24/h3-9,14H,2,10-12H2,1H3,(H,25,27)/t14-/m1/s1. The minimum atomic E-state index is -0.728. The van der Waals surface area contributed by atoms with Crippen LogP contribution in [0.1, 0.15) is 23.7 Å². The number of hydrogen-bond acceptors (Lipinski definition) is 6. The maximum atomic E-state index is 12.4. The molecule has 8 nitrogen and oxygen atoms in total. The van der Waals surface area contributed by atoms with Crippen LogP contribution in [-0.4, -0.2) is 43.5 Å². The van der Waals surface area contributed by atoms with Gasteiger partial charge in [0.2, 0.25) is 5.91 Å². The maximum Gasteiger partial charge on any atom is 0.338 e. The second-order valence-electron chi connectivity index (χ2n) is 6.93. The summed E-state index contributed by atoms with van der Waals surface area (Å²) in [6.45, 7) is 1.54. The molecule has 0 saturated carbocycles. The van der Waals surface area contributed by atoms with E-state index in [0.29, 0.717) is 22.0 Å². The molecule has 0 unspecified atom stereocenters. The normalized spacial score (nSPS) is 15.4. The SMILES string of the molecule is CCOC(=O)c1ccc(NC(=O)COC(=O)[C@@H]2CC(=O)N(c3cccc(Cl)c3Cl)C2)cc1. The Labute approximate surface area is 194 Å². The van der Waals surface area contributed by atoms with E-state index in [1.54, 1.807) is 25.1 Å². The van der Waals surface area contributed by atoms with Crippen LogP contribution in [0.25, 0.3) is 0 Å². The van der Waals surface area contributed by atoms with Crippen molar-refractivity contribution in [1.82, 2.24) is 0 Å². The van der Waals surface area contributed by atoms with E-state index in [-0.39, 0.29) is 30.5 Å². The van der Waals surface area contributed by atoms with Gasteiger partial charge in [0.1, 0.15) is 0 Å². The van der Waals surface area contributed by atoms with Gasteiger partial charge in [0.15, 0.2) is 6.61 Å². The number of esters is 2. The van der Waals surface area contributed by atoms with Gasteiger partial charge in [-0.2, -0.15) is 0 Å². The van der Waals surface area contributed by atoms with Gasteiger partial charge in [-0.25, -0.2) is 4.79 Å². The number of anilines is 2. The number of nitrogens with one attached hydrogen (secondary N) is 1. The smallest absolute Gasteiger partial charge is 0.338 e. The molecule has 2 aromatic carbocycles. The zero-order valence-electron chi connectivity index (χ0n) is 17.1. The van der Waals surface area contributed by atoms with Crippen molar-refractivity contribution < 1.29 is 28.7 Å². The fraction of sp³-hybridized carbons (Fsp3) is 0.273. The van der Waals surface area contributed by atoms with Crippen LogP contribution in [0.15, 0.2) is 42.5 Å². The lowest BCUT2D eigenvalue weighted by Gasteiger charge is -2.18. The minimum Gasteiger partial charge on any atom is -0.462 e. The van der Waals surface area contributed by atoms with Crippen molar-refractivity contribution in [3.8, 4) is 0 Å². The van der Waals surface area contributed by atoms with Crippen LogP contribution < -0.4 is 10.2 Å². The van der Waals surface area contributed by atoms with Gasteiger partial charge in [-0.1, -0.05) is 29.3 Å². The summed E-state index contributed by atoms with van der Waals surface area (Å²) in [6, 6.07) is 11.0. The predicted molar refractivity (Wildman–Crippen MR) is 119 cm³/mol. The molecule has 0 aliphatic carbocycles. The molecule has 0 spiro atoms. The van der Waals surface area contributed by atoms with E-state index < -0.39 is 30.4 Å². The van der Waals surface area contributed by atoms with E-state index >= 15 is 0 Å². The zero-order valence-corrected chi connectivity index (χ0v) is 18.6. The molecule has 10 heteroatoms. The number of amides is 2. The van der Waals surface area contributed by atoms with Gasteiger partial charge in [-0.3, -0.25) is 14.4 Å². The molecule has 2 aromatic rings. The van der Waals surface area contributed by atoms with E-state index in [1.807, 2.05) is 0 Å². The molecule has 32 heavy (non-hydrogen) atoms. The molecule has 1 aliphatic heterocycles. The molecule has 1 aliphatic rings. The summed E-state index contributed by atoms with van der Waals surface area (Å²) >= 11 is 12.2. The molecule has 1 fully saturated rings. The van der Waals surface area contributed by atoms with Crippen LogP contribution >= 0.6 is 23.2 Å². The Morgan fingerprint density at radius 1 is 1.09 bits per heavy atom. The molecule has 3 rings (SSSR count). The lowest BCUT2D eigenvalue weighted by Crippen LogP contribution is -2.28. The van der Waals surface area contributed by atoms with Gasteiger partial charge in [-0.15, -0.1) is 0 Å². The van der Waals surface area contributed by atoms with Crippen LogP contribution in [0.4, 0.5) is 11.4 Å². The van der Waals surface area contributed by atoms with E-state index in [4.69, 9.17) is 32.7 Å². The third-order valence-corrected chi connectivity index (χ3v) is 5.51. The quantitative estimate of drug-likeness (QED) is 0.608. The molecule has 1 saturated heterocycles. The fourth-order valence-corrected chi connectivity index (χ4v) is 3.55. The summed E-state index contributed by atoms with van der Waals surface area (Å²) in [7, 11) is 0. The van der Waals surface area contributed by atoms with Crippen molar-refractivity contribution in [1.29, 1.82) is 0 Å². The summed E-state index contributed by atoms with van der Waals surface area (Å²) in [6.07, 6.45) is -0.0569. The van der Waals surface area contributed by atoms with Gasteiger partial charge in [0, 0.05) is 18.7 Å². The molecular formula is C22H20Cl2N2O6. The summed E-state index contributed by atoms with van der Waals surface area (Å²) in [5.41, 5.74) is 1.20. The van der Waals surface area contributed by atoms with Gasteiger partial charge in [-0.05, 0) is 43.3 Å². The van der Waals surface area contributed by atoms with Gasteiger partial charge in [0.25, 0.3) is 5.91 Å². The highest BCUT2D eigenvalue weighted by molar-refractivity contribution is 6.44. The van der Waals surface area contributed by atoms with Crippen molar-refractivity contribution in [3.05, 3.63) is 58.1 Å². The van der Waals surface area contributed by atoms with Crippen molar-refractivity contribution in [2.75, 3.05) is 30.0 Å². The Hall–Kier alpha value is -3.10. The Morgan fingerprint density at radius 3 is 2.50 bits per heavy atom. The third kappa shape index (κ3) is 5.57. The molecule has 168 valence electrons. The van der Waals surface area contributed by atoms with Gasteiger partial charge < -0.3 is 19.7 Å². The molecule has 0 radical (unpaired) electrons. The Morgan fingerprint density at radius 2 is 1.81 bits per heavy atom. The number of carbonyl (C=O) groups is 4. The van der Waals surface area contributed by atoms with Crippen LogP contribution in [0.5, 0.6) is 0 Å². The van der Waals surface area contributed by atoms with Crippen molar-refractivity contribution in [2.24, 2.45) is 5.92 Å². The highest BCUT2D eigenvalue weighted by atomic mass is 35.5. The number of hydrogen-bond donors (Lipinski definition) is 1. The van der Waals surface area contributed by atoms with E-state index in [1.165, 1.54) is 29.2 Å². The number of ether oxygens (including phenoxy) is 2. The Bertz CT molecular complexity index is 1040. The molecule has 1 heterocycles. The molecule has 0 aromatic heterocycles. The summed E-state index contributed by atoms with van der Waals surface area (Å²) in [5.74, 6) is -2.69. The van der Waals surface area contributed by atoms with Crippen LogP contribution in [0.3, 0.4) is 0 Å². The van der Waals surface area contributed by atoms with E-state index in [9.17, 15) is 19.2 Å². The Balaban J connectivity index is 1.51. The summed E-state index contributed by atoms with van der Waals surface area (Å²) in [4.78, 5) is 49.8. The second kappa shape index (κ2) is 10.5. The van der Waals surface area contributed by atoms with Crippen molar-refractivity contribution in [2.45, 2.75) is 13.3 Å². The average molecular weight is 479 g/mol. The first-order valence-electron chi connectivity index (χ1n) is 9.78. The lowest BCUT2D eigenvalue weighted by molar-refractivity contribution is -0.151. The van der Waals surface area contributed by atoms with Crippen LogP contribution in [0.2, 0.25) is 10.0 Å². The predicted octanol–water partition coefficient (Wildman–Crippen LogP) is 3.70. The average Bonchev–Trinajstić information content (AvgIpc) is 3.16. The van der Waals surface area contributed by atoms with Crippen molar-refractivity contribution in [3.63, 3.8) is 0 Å². The molecule has 1 atom stereocenters. The summed E-state index contributed by atoms with van der Waals surface area (Å²) < 4.78 is 9.97. The number of benzene rings is 2. The first-order valence-corrected chi connectivity index (χ1v) is 10.5. The van der Waals surface area contributed by atoms with E-state index in [2.05, 4.69) is 5.32 Å². The molecule has 2 amide bonds. The fourth-order valence-electron chi connectivity index (χ4n) is 3.15. The summed E-state index contributed by atoms with van der Waals surface area (Å²) in [5, 5.41) is 3.09. The van der Waals surface area contributed by atoms with Gasteiger partial charge >= 0.3 is 11.9 Å². The van der Waals surface area contributed by atoms with Crippen molar-refractivity contribution >= 4 is 58.3 Å².